The number of fused-ring (bicyclic) bond motifs is 1. The number of aromatic nitrogens is 1. The fourth-order valence-corrected chi connectivity index (χ4v) is 5.24. The highest BCUT2D eigenvalue weighted by Gasteiger charge is 2.36. The van der Waals surface area contributed by atoms with Gasteiger partial charge in [0, 0.05) is 48.2 Å². The summed E-state index contributed by atoms with van der Waals surface area (Å²) >= 11 is 0. The van der Waals surface area contributed by atoms with E-state index in [1.54, 1.807) is 6.20 Å². The molecular weight excluding hydrogens is 428 g/mol. The van der Waals surface area contributed by atoms with Crippen molar-refractivity contribution in [1.82, 2.24) is 25.8 Å². The van der Waals surface area contributed by atoms with Crippen molar-refractivity contribution < 1.29 is 13.6 Å². The summed E-state index contributed by atoms with van der Waals surface area (Å²) in [7, 11) is 0. The Bertz CT molecular complexity index is 1010. The van der Waals surface area contributed by atoms with Gasteiger partial charge in [-0.3, -0.25) is 5.32 Å². The first-order chi connectivity index (χ1) is 15.9. The second-order valence-corrected chi connectivity index (χ2v) is 9.63. The van der Waals surface area contributed by atoms with E-state index < -0.39 is 12.0 Å². The average Bonchev–Trinajstić information content (AvgIpc) is 3.45. The van der Waals surface area contributed by atoms with Gasteiger partial charge in [0.05, 0.1) is 6.54 Å². The van der Waals surface area contributed by atoms with Gasteiger partial charge in [0.2, 0.25) is 0 Å². The van der Waals surface area contributed by atoms with Crippen molar-refractivity contribution >= 4 is 23.8 Å². The summed E-state index contributed by atoms with van der Waals surface area (Å²) in [5.41, 5.74) is 0.992. The van der Waals surface area contributed by atoms with Crippen molar-refractivity contribution in [3.63, 3.8) is 0 Å². The first-order valence-corrected chi connectivity index (χ1v) is 11.7. The van der Waals surface area contributed by atoms with Crippen LogP contribution in [0.2, 0.25) is 0 Å². The van der Waals surface area contributed by atoms with E-state index in [0.717, 1.165) is 45.2 Å². The second kappa shape index (κ2) is 8.81. The largest absolute Gasteiger partial charge is 0.365 e. The molecule has 5 rings (SSSR count). The van der Waals surface area contributed by atoms with Crippen LogP contribution in [0.3, 0.4) is 0 Å². The number of nitrogens with one attached hydrogen (secondary N) is 5. The number of aromatic amines is 1. The lowest BCUT2D eigenvalue weighted by molar-refractivity contribution is 0.169. The zero-order valence-electron chi connectivity index (χ0n) is 18.8. The van der Waals surface area contributed by atoms with Crippen molar-refractivity contribution in [2.24, 2.45) is 4.99 Å². The number of aliphatic imine (C=N–C) groups is 1. The quantitative estimate of drug-likeness (QED) is 0.477. The Morgan fingerprint density at radius 1 is 1.27 bits per heavy atom. The number of nitrogens with zero attached hydrogens (tertiary/aromatic N) is 2. The van der Waals surface area contributed by atoms with E-state index in [1.807, 2.05) is 4.90 Å². The zero-order valence-corrected chi connectivity index (χ0v) is 18.8. The number of amides is 2. The summed E-state index contributed by atoms with van der Waals surface area (Å²) in [6.45, 7) is 3.83. The Hall–Kier alpha value is -2.88. The maximum absolute atomic E-state index is 14.7. The van der Waals surface area contributed by atoms with Crippen LogP contribution in [0, 0.1) is 0 Å². The lowest BCUT2D eigenvalue weighted by Gasteiger charge is -2.41. The number of hydrogen-bond donors (Lipinski definition) is 5. The van der Waals surface area contributed by atoms with Gasteiger partial charge >= 0.3 is 6.03 Å². The smallest absolute Gasteiger partial charge is 0.317 e. The number of rotatable bonds is 4. The second-order valence-electron chi connectivity index (χ2n) is 9.63. The molecule has 0 aromatic carbocycles. The molecule has 178 valence electrons. The highest BCUT2D eigenvalue weighted by Crippen LogP contribution is 2.31. The van der Waals surface area contributed by atoms with Gasteiger partial charge in [0.25, 0.3) is 0 Å². The Morgan fingerprint density at radius 2 is 2.09 bits per heavy atom. The highest BCUT2D eigenvalue weighted by atomic mass is 19.1. The van der Waals surface area contributed by atoms with E-state index in [2.05, 4.69) is 38.2 Å². The standard InChI is InChI=1S/C23H31F2N7O/c1-23(31-22(33)32-7-2-3-8-32)6-4-5-15(10-23)29-21-18(25)13-28-20(30-21)17-12-27-19-16(17)9-14(24)11-26-19/h9,12-13,15,21,26-27,29H,2-8,10-11H2,1H3,(H,28,30)(H,31,33)/t15-,21?,23-/m1/s1. The van der Waals surface area contributed by atoms with Crippen LogP contribution in [0.4, 0.5) is 19.4 Å². The van der Waals surface area contributed by atoms with Crippen molar-refractivity contribution in [3.8, 4) is 0 Å². The van der Waals surface area contributed by atoms with Crippen LogP contribution < -0.4 is 21.3 Å². The van der Waals surface area contributed by atoms with E-state index in [1.165, 1.54) is 12.3 Å². The van der Waals surface area contributed by atoms with Crippen LogP contribution in [0.25, 0.3) is 6.08 Å². The lowest BCUT2D eigenvalue weighted by Crippen LogP contribution is -2.56. The Kier molecular flexibility index (Phi) is 5.86. The molecule has 1 unspecified atom stereocenters. The Balaban J connectivity index is 1.28. The number of anilines is 1. The predicted octanol–water partition coefficient (Wildman–Crippen LogP) is 3.33. The molecular formula is C23H31F2N7O. The molecule has 1 aromatic rings. The van der Waals surface area contributed by atoms with Gasteiger partial charge < -0.3 is 25.8 Å². The number of urea groups is 1. The molecule has 10 heteroatoms. The van der Waals surface area contributed by atoms with Crippen LogP contribution in [0.5, 0.6) is 0 Å². The topological polar surface area (TPSA) is 96.6 Å². The molecule has 0 radical (unpaired) electrons. The number of halogens is 2. The van der Waals surface area contributed by atoms with Crippen LogP contribution >= 0.6 is 0 Å². The van der Waals surface area contributed by atoms with Crippen LogP contribution in [-0.2, 0) is 0 Å². The summed E-state index contributed by atoms with van der Waals surface area (Å²) in [6.07, 6.45) is 9.18. The molecule has 3 aliphatic heterocycles. The molecule has 4 heterocycles. The average molecular weight is 460 g/mol. The van der Waals surface area contributed by atoms with Crippen molar-refractivity contribution in [1.29, 1.82) is 0 Å². The van der Waals surface area contributed by atoms with Gasteiger partial charge in [-0.2, -0.15) is 0 Å². The fraction of sp³-hybridized carbons (Fsp3) is 0.565. The number of likely N-dealkylation sites (tertiary alicyclic amines) is 1. The number of carbonyl (C=O) groups is 1. The van der Waals surface area contributed by atoms with Crippen molar-refractivity contribution in [2.75, 3.05) is 25.0 Å². The molecule has 5 N–H and O–H groups in total. The first kappa shape index (κ1) is 21.9. The molecule has 1 saturated carbocycles. The molecule has 0 spiro atoms. The zero-order chi connectivity index (χ0) is 23.0. The molecule has 3 atom stereocenters. The Morgan fingerprint density at radius 3 is 2.91 bits per heavy atom. The molecule has 33 heavy (non-hydrogen) atoms. The van der Waals surface area contributed by atoms with E-state index >= 15 is 0 Å². The molecule has 1 aromatic heterocycles. The number of hydrogen-bond acceptors (Lipinski definition) is 5. The molecule has 1 saturated heterocycles. The minimum absolute atomic E-state index is 0.00460. The van der Waals surface area contributed by atoms with Crippen LogP contribution in [-0.4, -0.2) is 59.1 Å². The Labute approximate surface area is 192 Å². The number of H-pyrrole nitrogens is 1. The van der Waals surface area contributed by atoms with E-state index in [0.29, 0.717) is 29.2 Å². The molecule has 8 nitrogen and oxygen atoms in total. The van der Waals surface area contributed by atoms with Gasteiger partial charge in [-0.05, 0) is 51.5 Å². The van der Waals surface area contributed by atoms with Crippen LogP contribution in [0.1, 0.15) is 56.6 Å². The minimum Gasteiger partial charge on any atom is -0.365 e. The molecule has 4 aliphatic rings. The summed E-state index contributed by atoms with van der Waals surface area (Å²) in [4.78, 5) is 22.2. The summed E-state index contributed by atoms with van der Waals surface area (Å²) in [5.74, 6) is 0.511. The normalized spacial score (nSPS) is 29.3. The monoisotopic (exact) mass is 459 g/mol. The molecule has 2 amide bonds. The third kappa shape index (κ3) is 4.62. The molecule has 2 fully saturated rings. The van der Waals surface area contributed by atoms with Gasteiger partial charge in [0.1, 0.15) is 17.5 Å². The van der Waals surface area contributed by atoms with E-state index in [9.17, 15) is 13.6 Å². The highest BCUT2D eigenvalue weighted by molar-refractivity contribution is 6.05. The maximum atomic E-state index is 14.7. The van der Waals surface area contributed by atoms with E-state index in [4.69, 9.17) is 0 Å². The SMILES string of the molecule is C[C@@]1(NC(=O)N2CCCC2)CCC[C@@H](NC2N=C(c3c[nH]c4c3C=C(F)CN4)NC=C2F)C1. The van der Waals surface area contributed by atoms with Gasteiger partial charge in [0.15, 0.2) is 12.0 Å². The third-order valence-electron chi connectivity index (χ3n) is 6.95. The maximum Gasteiger partial charge on any atom is 0.317 e. The summed E-state index contributed by atoms with van der Waals surface area (Å²) < 4.78 is 28.5. The number of carbonyl (C=O) groups excluding carboxylic acids is 1. The number of amidine groups is 1. The first-order valence-electron chi connectivity index (χ1n) is 11.7. The van der Waals surface area contributed by atoms with E-state index in [-0.39, 0.29) is 30.0 Å². The van der Waals surface area contributed by atoms with Gasteiger partial charge in [-0.15, -0.1) is 0 Å². The van der Waals surface area contributed by atoms with Gasteiger partial charge in [-0.1, -0.05) is 0 Å². The summed E-state index contributed by atoms with van der Waals surface area (Å²) in [6, 6.07) is 0.00375. The van der Waals surface area contributed by atoms with Gasteiger partial charge in [-0.25, -0.2) is 18.6 Å². The van der Waals surface area contributed by atoms with Crippen molar-refractivity contribution in [2.45, 2.75) is 63.2 Å². The third-order valence-corrected chi connectivity index (χ3v) is 6.95. The lowest BCUT2D eigenvalue weighted by atomic mass is 9.80. The van der Waals surface area contributed by atoms with Crippen molar-refractivity contribution in [3.05, 3.63) is 35.2 Å². The van der Waals surface area contributed by atoms with Crippen LogP contribution in [0.15, 0.2) is 29.0 Å². The molecule has 0 bridgehead atoms. The summed E-state index contributed by atoms with van der Waals surface area (Å²) in [5, 5.41) is 12.4. The minimum atomic E-state index is -0.834. The fourth-order valence-electron chi connectivity index (χ4n) is 5.24. The predicted molar refractivity (Wildman–Crippen MR) is 124 cm³/mol. The molecule has 1 aliphatic carbocycles.